The standard InChI is InChI=1S/C16H20N2O/c19-10-8-17-7-9-18-11-14-5-1-3-13-4-2-6-15(12-18)16(13)14/h1-6,17,19H,7-12H2. The van der Waals surface area contributed by atoms with E-state index in [9.17, 15) is 0 Å². The zero-order chi connectivity index (χ0) is 13.1. The molecule has 0 aliphatic carbocycles. The highest BCUT2D eigenvalue weighted by Gasteiger charge is 2.17. The molecule has 1 aliphatic rings. The molecule has 2 N–H and O–H groups in total. The molecule has 0 amide bonds. The van der Waals surface area contributed by atoms with E-state index in [0.717, 1.165) is 26.2 Å². The summed E-state index contributed by atoms with van der Waals surface area (Å²) in [6, 6.07) is 13.2. The number of nitrogens with zero attached hydrogens (tertiary/aromatic N) is 1. The first-order valence-electron chi connectivity index (χ1n) is 6.92. The van der Waals surface area contributed by atoms with E-state index in [-0.39, 0.29) is 6.61 Å². The van der Waals surface area contributed by atoms with Crippen LogP contribution in [0.25, 0.3) is 10.8 Å². The largest absolute Gasteiger partial charge is 0.395 e. The van der Waals surface area contributed by atoms with Gasteiger partial charge in [-0.3, -0.25) is 4.90 Å². The smallest absolute Gasteiger partial charge is 0.0555 e. The summed E-state index contributed by atoms with van der Waals surface area (Å²) in [7, 11) is 0. The molecule has 1 heterocycles. The van der Waals surface area contributed by atoms with Gasteiger partial charge in [-0.25, -0.2) is 0 Å². The van der Waals surface area contributed by atoms with Crippen molar-refractivity contribution in [2.24, 2.45) is 0 Å². The lowest BCUT2D eigenvalue weighted by Gasteiger charge is -2.29. The first kappa shape index (κ1) is 12.6. The van der Waals surface area contributed by atoms with Crippen LogP contribution in [0, 0.1) is 0 Å². The minimum atomic E-state index is 0.210. The SMILES string of the molecule is OCCNCCN1Cc2cccc3cccc(c23)C1. The fraction of sp³-hybridized carbons (Fsp3) is 0.375. The quantitative estimate of drug-likeness (QED) is 0.800. The second-order valence-corrected chi connectivity index (χ2v) is 5.12. The molecule has 0 aromatic heterocycles. The van der Waals surface area contributed by atoms with Crippen LogP contribution in [0.1, 0.15) is 11.1 Å². The van der Waals surface area contributed by atoms with Crippen LogP contribution in [0.3, 0.4) is 0 Å². The van der Waals surface area contributed by atoms with E-state index >= 15 is 0 Å². The Kier molecular flexibility index (Phi) is 3.78. The Hall–Kier alpha value is -1.42. The molecule has 100 valence electrons. The van der Waals surface area contributed by atoms with Crippen LogP contribution in [0.4, 0.5) is 0 Å². The fourth-order valence-corrected chi connectivity index (χ4v) is 2.90. The molecular formula is C16H20N2O. The third-order valence-electron chi connectivity index (χ3n) is 3.76. The number of hydrogen-bond donors (Lipinski definition) is 2. The number of benzene rings is 2. The van der Waals surface area contributed by atoms with Gasteiger partial charge in [0.05, 0.1) is 6.61 Å². The monoisotopic (exact) mass is 256 g/mol. The van der Waals surface area contributed by atoms with E-state index in [1.54, 1.807) is 0 Å². The second-order valence-electron chi connectivity index (χ2n) is 5.12. The summed E-state index contributed by atoms with van der Waals surface area (Å²) < 4.78 is 0. The van der Waals surface area contributed by atoms with Crippen molar-refractivity contribution in [3.8, 4) is 0 Å². The lowest BCUT2D eigenvalue weighted by atomic mass is 9.95. The summed E-state index contributed by atoms with van der Waals surface area (Å²) in [6.07, 6.45) is 0. The fourth-order valence-electron chi connectivity index (χ4n) is 2.90. The van der Waals surface area contributed by atoms with Gasteiger partial charge in [0, 0.05) is 32.7 Å². The molecule has 1 aliphatic heterocycles. The topological polar surface area (TPSA) is 35.5 Å². The molecule has 0 bridgehead atoms. The van der Waals surface area contributed by atoms with Crippen molar-refractivity contribution in [1.29, 1.82) is 0 Å². The van der Waals surface area contributed by atoms with Gasteiger partial charge in [-0.05, 0) is 21.9 Å². The molecule has 19 heavy (non-hydrogen) atoms. The lowest BCUT2D eigenvalue weighted by molar-refractivity contribution is 0.244. The van der Waals surface area contributed by atoms with E-state index < -0.39 is 0 Å². The molecule has 2 aromatic rings. The van der Waals surface area contributed by atoms with Gasteiger partial charge in [0.15, 0.2) is 0 Å². The third kappa shape index (κ3) is 2.63. The van der Waals surface area contributed by atoms with Gasteiger partial charge in [-0.15, -0.1) is 0 Å². The number of nitrogens with one attached hydrogen (secondary N) is 1. The van der Waals surface area contributed by atoms with E-state index in [2.05, 4.69) is 46.6 Å². The van der Waals surface area contributed by atoms with Crippen molar-refractivity contribution >= 4 is 10.8 Å². The molecular weight excluding hydrogens is 236 g/mol. The van der Waals surface area contributed by atoms with E-state index in [0.29, 0.717) is 6.54 Å². The number of rotatable bonds is 5. The van der Waals surface area contributed by atoms with Crippen molar-refractivity contribution < 1.29 is 5.11 Å². The van der Waals surface area contributed by atoms with Gasteiger partial charge in [-0.2, -0.15) is 0 Å². The molecule has 3 rings (SSSR count). The summed E-state index contributed by atoms with van der Waals surface area (Å²) in [5.74, 6) is 0. The predicted molar refractivity (Wildman–Crippen MR) is 78.0 cm³/mol. The minimum absolute atomic E-state index is 0.210. The van der Waals surface area contributed by atoms with Crippen molar-refractivity contribution in [2.75, 3.05) is 26.2 Å². The van der Waals surface area contributed by atoms with Crippen molar-refractivity contribution in [1.82, 2.24) is 10.2 Å². The van der Waals surface area contributed by atoms with Crippen LogP contribution in [0.15, 0.2) is 36.4 Å². The Morgan fingerprint density at radius 3 is 2.32 bits per heavy atom. The van der Waals surface area contributed by atoms with Gasteiger partial charge >= 0.3 is 0 Å². The van der Waals surface area contributed by atoms with Gasteiger partial charge in [0.1, 0.15) is 0 Å². The molecule has 0 spiro atoms. The van der Waals surface area contributed by atoms with Gasteiger partial charge < -0.3 is 10.4 Å². The van der Waals surface area contributed by atoms with Crippen molar-refractivity contribution in [3.05, 3.63) is 47.5 Å². The van der Waals surface area contributed by atoms with Crippen LogP contribution in [0.5, 0.6) is 0 Å². The van der Waals surface area contributed by atoms with Crippen molar-refractivity contribution in [3.63, 3.8) is 0 Å². The number of aliphatic hydroxyl groups is 1. The minimum Gasteiger partial charge on any atom is -0.395 e. The van der Waals surface area contributed by atoms with Crippen LogP contribution < -0.4 is 5.32 Å². The van der Waals surface area contributed by atoms with Crippen LogP contribution in [-0.4, -0.2) is 36.2 Å². The van der Waals surface area contributed by atoms with E-state index in [1.807, 2.05) is 0 Å². The normalized spacial score (nSPS) is 15.0. The van der Waals surface area contributed by atoms with Gasteiger partial charge in [-0.1, -0.05) is 36.4 Å². The summed E-state index contributed by atoms with van der Waals surface area (Å²) in [5, 5.41) is 14.8. The second kappa shape index (κ2) is 5.70. The zero-order valence-electron chi connectivity index (χ0n) is 11.1. The average Bonchev–Trinajstić information content (AvgIpc) is 2.44. The predicted octanol–water partition coefficient (Wildman–Crippen LogP) is 1.74. The molecule has 3 nitrogen and oxygen atoms in total. The Morgan fingerprint density at radius 2 is 1.68 bits per heavy atom. The van der Waals surface area contributed by atoms with Crippen LogP contribution in [0.2, 0.25) is 0 Å². The summed E-state index contributed by atoms with van der Waals surface area (Å²) in [6.45, 7) is 4.88. The highest BCUT2D eigenvalue weighted by atomic mass is 16.3. The maximum Gasteiger partial charge on any atom is 0.0555 e. The Balaban J connectivity index is 1.75. The van der Waals surface area contributed by atoms with Gasteiger partial charge in [0.2, 0.25) is 0 Å². The maximum absolute atomic E-state index is 8.76. The number of aliphatic hydroxyl groups excluding tert-OH is 1. The summed E-state index contributed by atoms with van der Waals surface area (Å²) in [5.41, 5.74) is 2.86. The van der Waals surface area contributed by atoms with Crippen LogP contribution in [-0.2, 0) is 13.1 Å². The molecule has 3 heteroatoms. The number of hydrogen-bond acceptors (Lipinski definition) is 3. The highest BCUT2D eigenvalue weighted by Crippen LogP contribution is 2.29. The molecule has 0 atom stereocenters. The molecule has 0 radical (unpaired) electrons. The first-order valence-corrected chi connectivity index (χ1v) is 6.92. The van der Waals surface area contributed by atoms with E-state index in [4.69, 9.17) is 5.11 Å². The molecule has 0 unspecified atom stereocenters. The highest BCUT2D eigenvalue weighted by molar-refractivity contribution is 5.89. The van der Waals surface area contributed by atoms with Crippen LogP contribution >= 0.6 is 0 Å². The molecule has 0 fully saturated rings. The first-order chi connectivity index (χ1) is 9.38. The summed E-state index contributed by atoms with van der Waals surface area (Å²) >= 11 is 0. The molecule has 0 saturated heterocycles. The van der Waals surface area contributed by atoms with Crippen molar-refractivity contribution in [2.45, 2.75) is 13.1 Å². The Morgan fingerprint density at radius 1 is 1.00 bits per heavy atom. The van der Waals surface area contributed by atoms with E-state index in [1.165, 1.54) is 21.9 Å². The maximum atomic E-state index is 8.76. The molecule has 2 aromatic carbocycles. The molecule has 0 saturated carbocycles. The lowest BCUT2D eigenvalue weighted by Crippen LogP contribution is -2.34. The Labute approximate surface area is 113 Å². The zero-order valence-corrected chi connectivity index (χ0v) is 11.1. The average molecular weight is 256 g/mol. The van der Waals surface area contributed by atoms with Gasteiger partial charge in [0.25, 0.3) is 0 Å². The third-order valence-corrected chi connectivity index (χ3v) is 3.76. The summed E-state index contributed by atoms with van der Waals surface area (Å²) in [4.78, 5) is 2.46. The Bertz CT molecular complexity index is 527.